The molecular formula is C30H30N6O3. The van der Waals surface area contributed by atoms with Crippen LogP contribution in [0, 0.1) is 46.6 Å². The van der Waals surface area contributed by atoms with Crippen molar-refractivity contribution in [2.24, 2.45) is 0 Å². The minimum Gasteiger partial charge on any atom is -0.456 e. The summed E-state index contributed by atoms with van der Waals surface area (Å²) in [6, 6.07) is 18.0. The smallest absolute Gasteiger partial charge is 0.293 e. The number of aryl methyl sites for hydroxylation is 2. The van der Waals surface area contributed by atoms with Crippen LogP contribution >= 0.6 is 0 Å². The van der Waals surface area contributed by atoms with Crippen molar-refractivity contribution in [3.05, 3.63) is 92.5 Å². The molecule has 1 heterocycles. The molecule has 198 valence electrons. The molecule has 9 nitrogen and oxygen atoms in total. The lowest BCUT2D eigenvalue weighted by molar-refractivity contribution is -0.384. The molecule has 1 aliphatic heterocycles. The third-order valence-electron chi connectivity index (χ3n) is 6.70. The Morgan fingerprint density at radius 1 is 1.05 bits per heavy atom. The molecule has 0 saturated carbocycles. The van der Waals surface area contributed by atoms with Gasteiger partial charge in [-0.15, -0.1) is 0 Å². The van der Waals surface area contributed by atoms with Gasteiger partial charge in [-0.3, -0.25) is 15.0 Å². The second-order valence-electron chi connectivity index (χ2n) is 9.68. The molecule has 1 N–H and O–H groups in total. The van der Waals surface area contributed by atoms with Gasteiger partial charge in [0.1, 0.15) is 17.2 Å². The first-order valence-electron chi connectivity index (χ1n) is 12.6. The molecule has 39 heavy (non-hydrogen) atoms. The first-order chi connectivity index (χ1) is 18.8. The summed E-state index contributed by atoms with van der Waals surface area (Å²) in [5, 5.41) is 33.2. The number of nitriles is 2. The second-order valence-corrected chi connectivity index (χ2v) is 9.68. The van der Waals surface area contributed by atoms with Crippen LogP contribution in [0.25, 0.3) is 6.08 Å². The third-order valence-corrected chi connectivity index (χ3v) is 6.70. The molecule has 0 aliphatic carbocycles. The van der Waals surface area contributed by atoms with E-state index in [1.165, 1.54) is 6.08 Å². The van der Waals surface area contributed by atoms with Gasteiger partial charge in [0.2, 0.25) is 0 Å². The van der Waals surface area contributed by atoms with E-state index in [0.29, 0.717) is 35.0 Å². The minimum atomic E-state index is -0.393. The number of piperazine rings is 1. The Morgan fingerprint density at radius 3 is 2.31 bits per heavy atom. The van der Waals surface area contributed by atoms with Gasteiger partial charge in [0.05, 0.1) is 22.6 Å². The maximum absolute atomic E-state index is 12.1. The number of anilines is 2. The number of hydrogen-bond donors (Lipinski definition) is 1. The molecule has 9 heteroatoms. The van der Waals surface area contributed by atoms with Crippen LogP contribution in [0.4, 0.5) is 17.1 Å². The Labute approximate surface area is 228 Å². The fraction of sp³-hybridized carbons (Fsp3) is 0.267. The minimum absolute atomic E-state index is 0.0544. The van der Waals surface area contributed by atoms with Crippen molar-refractivity contribution in [2.75, 3.05) is 38.5 Å². The first kappa shape index (κ1) is 27.3. The summed E-state index contributed by atoms with van der Waals surface area (Å²) in [6.07, 6.45) is 3.17. The molecule has 3 aromatic carbocycles. The fourth-order valence-corrected chi connectivity index (χ4v) is 4.60. The van der Waals surface area contributed by atoms with E-state index in [-0.39, 0.29) is 5.69 Å². The topological polar surface area (TPSA) is 118 Å². The quantitative estimate of drug-likeness (QED) is 0.221. The highest BCUT2D eigenvalue weighted by Gasteiger charge is 2.23. The Hall–Kier alpha value is -4.70. The van der Waals surface area contributed by atoms with Crippen LogP contribution in [-0.4, -0.2) is 47.9 Å². The van der Waals surface area contributed by atoms with Crippen LogP contribution in [0.5, 0.6) is 11.5 Å². The number of benzene rings is 3. The molecule has 0 bridgehead atoms. The molecule has 0 spiro atoms. The lowest BCUT2D eigenvalue weighted by atomic mass is 10.0. The van der Waals surface area contributed by atoms with Crippen LogP contribution in [0.15, 0.2) is 54.6 Å². The Morgan fingerprint density at radius 2 is 1.72 bits per heavy atom. The average Bonchev–Trinajstić information content (AvgIpc) is 2.92. The van der Waals surface area contributed by atoms with Crippen molar-refractivity contribution in [1.82, 2.24) is 9.80 Å². The van der Waals surface area contributed by atoms with Crippen LogP contribution in [0.2, 0.25) is 0 Å². The van der Waals surface area contributed by atoms with Crippen LogP contribution < -0.4 is 10.1 Å². The summed E-state index contributed by atoms with van der Waals surface area (Å²) in [4.78, 5) is 16.3. The summed E-state index contributed by atoms with van der Waals surface area (Å²) >= 11 is 0. The summed E-state index contributed by atoms with van der Waals surface area (Å²) in [6.45, 7) is 7.95. The van der Waals surface area contributed by atoms with E-state index in [1.807, 2.05) is 32.0 Å². The molecule has 0 radical (unpaired) electrons. The van der Waals surface area contributed by atoms with Crippen molar-refractivity contribution < 1.29 is 9.66 Å². The monoisotopic (exact) mass is 522 g/mol. The number of allylic oxidation sites excluding steroid dienone is 1. The number of rotatable bonds is 8. The normalized spacial score (nSPS) is 14.1. The van der Waals surface area contributed by atoms with E-state index in [1.54, 1.807) is 42.5 Å². The number of nitrogens with one attached hydrogen (secondary N) is 1. The number of hydrogen-bond acceptors (Lipinski definition) is 8. The van der Waals surface area contributed by atoms with E-state index in [2.05, 4.69) is 28.2 Å². The molecule has 0 atom stereocenters. The van der Waals surface area contributed by atoms with Crippen LogP contribution in [-0.2, 0) is 6.54 Å². The molecule has 1 fully saturated rings. The van der Waals surface area contributed by atoms with Gasteiger partial charge in [-0.25, -0.2) is 0 Å². The maximum atomic E-state index is 12.1. The van der Waals surface area contributed by atoms with Gasteiger partial charge in [0.25, 0.3) is 5.69 Å². The fourth-order valence-electron chi connectivity index (χ4n) is 4.60. The molecule has 0 aromatic heterocycles. The molecule has 1 aliphatic rings. The zero-order chi connectivity index (χ0) is 27.9. The van der Waals surface area contributed by atoms with Gasteiger partial charge < -0.3 is 15.0 Å². The van der Waals surface area contributed by atoms with Gasteiger partial charge in [-0.05, 0) is 80.1 Å². The van der Waals surface area contributed by atoms with Crippen molar-refractivity contribution >= 4 is 23.1 Å². The van der Waals surface area contributed by atoms with Crippen molar-refractivity contribution in [1.29, 1.82) is 10.5 Å². The van der Waals surface area contributed by atoms with Crippen LogP contribution in [0.3, 0.4) is 0 Å². The van der Waals surface area contributed by atoms with Crippen molar-refractivity contribution in [2.45, 2.75) is 20.4 Å². The number of nitrogens with zero attached hydrogens (tertiary/aromatic N) is 5. The lowest BCUT2D eigenvalue weighted by Gasteiger charge is -2.32. The highest BCUT2D eigenvalue weighted by atomic mass is 16.6. The molecule has 0 amide bonds. The van der Waals surface area contributed by atoms with E-state index >= 15 is 0 Å². The molecule has 0 unspecified atom stereocenters. The first-order valence-corrected chi connectivity index (χ1v) is 12.6. The Kier molecular flexibility index (Phi) is 8.57. The highest BCUT2D eigenvalue weighted by molar-refractivity contribution is 5.73. The average molecular weight is 523 g/mol. The Balaban J connectivity index is 1.76. The zero-order valence-electron chi connectivity index (χ0n) is 22.3. The van der Waals surface area contributed by atoms with E-state index < -0.39 is 4.92 Å². The number of nitro benzene ring substituents is 1. The number of likely N-dealkylation sites (N-methyl/N-ethyl adjacent to an activating group) is 1. The number of nitro groups is 1. The van der Waals surface area contributed by atoms with Crippen molar-refractivity contribution in [3.63, 3.8) is 0 Å². The standard InChI is InChI=1S/C30H30N6O3/c1-21-15-24(5-4-10-31)16-22(2)30(21)39-29-18-27(33-26-8-6-23(19-32)7-9-26)28(36(37)38)17-25(29)20-35-13-11-34(3)12-14-35/h4-9,15-18,33H,11-14,20H2,1-3H3/b5-4+. The van der Waals surface area contributed by atoms with Crippen molar-refractivity contribution in [3.8, 4) is 23.6 Å². The van der Waals surface area contributed by atoms with Crippen LogP contribution in [0.1, 0.15) is 27.8 Å². The maximum Gasteiger partial charge on any atom is 0.293 e. The third kappa shape index (κ3) is 6.79. The highest BCUT2D eigenvalue weighted by Crippen LogP contribution is 2.39. The molecule has 4 rings (SSSR count). The van der Waals surface area contributed by atoms with E-state index in [0.717, 1.165) is 48.4 Å². The lowest BCUT2D eigenvalue weighted by Crippen LogP contribution is -2.43. The van der Waals surface area contributed by atoms with Gasteiger partial charge >= 0.3 is 0 Å². The SMILES string of the molecule is Cc1cc(/C=C/C#N)cc(C)c1Oc1cc(Nc2ccc(C#N)cc2)c([N+](=O)[O-])cc1CN1CCN(C)CC1. The molecule has 1 saturated heterocycles. The summed E-state index contributed by atoms with van der Waals surface area (Å²) in [7, 11) is 2.08. The summed E-state index contributed by atoms with van der Waals surface area (Å²) in [5.74, 6) is 1.20. The second kappa shape index (κ2) is 12.2. The number of ether oxygens (including phenoxy) is 1. The summed E-state index contributed by atoms with van der Waals surface area (Å²) < 4.78 is 6.51. The summed E-state index contributed by atoms with van der Waals surface area (Å²) in [5.41, 5.74) is 4.76. The van der Waals surface area contributed by atoms with Gasteiger partial charge in [-0.1, -0.05) is 0 Å². The molecular weight excluding hydrogens is 492 g/mol. The van der Waals surface area contributed by atoms with Gasteiger partial charge in [0, 0.05) is 62.2 Å². The Bertz CT molecular complexity index is 1450. The van der Waals surface area contributed by atoms with E-state index in [9.17, 15) is 10.1 Å². The molecule has 3 aromatic rings. The van der Waals surface area contributed by atoms with Gasteiger partial charge in [-0.2, -0.15) is 10.5 Å². The zero-order valence-corrected chi connectivity index (χ0v) is 22.3. The predicted molar refractivity (Wildman–Crippen MR) is 151 cm³/mol. The predicted octanol–water partition coefficient (Wildman–Crippen LogP) is 5.90. The van der Waals surface area contributed by atoms with Gasteiger partial charge in [0.15, 0.2) is 0 Å². The van der Waals surface area contributed by atoms with E-state index in [4.69, 9.17) is 15.3 Å². The largest absolute Gasteiger partial charge is 0.456 e.